The predicted octanol–water partition coefficient (Wildman–Crippen LogP) is 2.26. The van der Waals surface area contributed by atoms with Crippen molar-refractivity contribution in [2.75, 3.05) is 12.0 Å². The smallest absolute Gasteiger partial charge is 0.300 e. The van der Waals surface area contributed by atoms with E-state index in [4.69, 9.17) is 4.74 Å². The number of benzene rings is 2. The predicted molar refractivity (Wildman–Crippen MR) is 92.1 cm³/mol. The molecule has 4 rings (SSSR count). The zero-order valence-electron chi connectivity index (χ0n) is 14.0. The number of hydrogen-bond donors (Lipinski definition) is 0. The lowest BCUT2D eigenvalue weighted by Gasteiger charge is -2.20. The molecule has 0 spiro atoms. The zero-order chi connectivity index (χ0) is 17.4. The van der Waals surface area contributed by atoms with Crippen molar-refractivity contribution in [1.29, 1.82) is 0 Å². The number of anilines is 1. The molecule has 1 atom stereocenters. The molecule has 0 fully saturated rings. The van der Waals surface area contributed by atoms with Crippen LogP contribution in [0, 0.1) is 0 Å². The summed E-state index contributed by atoms with van der Waals surface area (Å²) in [5.41, 5.74) is 2.79. The van der Waals surface area contributed by atoms with Gasteiger partial charge in [-0.2, -0.15) is 0 Å². The van der Waals surface area contributed by atoms with E-state index in [2.05, 4.69) is 15.4 Å². The second kappa shape index (κ2) is 6.01. The van der Waals surface area contributed by atoms with Crippen LogP contribution in [-0.2, 0) is 6.42 Å². The summed E-state index contributed by atoms with van der Waals surface area (Å²) in [5.74, 6) is 0.583. The van der Waals surface area contributed by atoms with E-state index >= 15 is 0 Å². The molecule has 0 saturated carbocycles. The molecule has 0 bridgehead atoms. The molecule has 0 N–H and O–H groups in total. The highest BCUT2D eigenvalue weighted by atomic mass is 16.5. The molecular weight excluding hydrogens is 318 g/mol. The van der Waals surface area contributed by atoms with Crippen molar-refractivity contribution in [3.8, 4) is 11.4 Å². The van der Waals surface area contributed by atoms with E-state index in [1.54, 1.807) is 24.1 Å². The van der Waals surface area contributed by atoms with Gasteiger partial charge in [-0.1, -0.05) is 18.2 Å². The van der Waals surface area contributed by atoms with Crippen molar-refractivity contribution < 1.29 is 9.53 Å². The third kappa shape index (κ3) is 2.63. The van der Waals surface area contributed by atoms with Crippen LogP contribution >= 0.6 is 0 Å². The Kier molecular flexibility index (Phi) is 3.68. The molecule has 1 amide bonds. The standard InChI is InChI=1S/C18H17N5O2/c1-12-11-13-5-3-4-6-16(13)22(12)18(24)17-19-21-23(20-17)14-7-9-15(25-2)10-8-14/h3-10,12H,11H2,1-2H3/t12-/m1/s1. The van der Waals surface area contributed by atoms with E-state index < -0.39 is 0 Å². The molecular formula is C18H17N5O2. The molecule has 2 aromatic carbocycles. The third-order valence-corrected chi connectivity index (χ3v) is 4.33. The first-order valence-electron chi connectivity index (χ1n) is 8.03. The Bertz CT molecular complexity index is 919. The van der Waals surface area contributed by atoms with E-state index in [0.717, 1.165) is 23.4 Å². The van der Waals surface area contributed by atoms with E-state index in [-0.39, 0.29) is 17.8 Å². The van der Waals surface area contributed by atoms with Gasteiger partial charge in [-0.25, -0.2) is 0 Å². The molecule has 7 nitrogen and oxygen atoms in total. The lowest BCUT2D eigenvalue weighted by Crippen LogP contribution is -2.36. The summed E-state index contributed by atoms with van der Waals surface area (Å²) in [5, 5.41) is 12.2. The van der Waals surface area contributed by atoms with Crippen LogP contribution in [0.2, 0.25) is 0 Å². The van der Waals surface area contributed by atoms with E-state index in [1.807, 2.05) is 43.3 Å². The summed E-state index contributed by atoms with van der Waals surface area (Å²) in [6, 6.07) is 15.2. The van der Waals surface area contributed by atoms with Crippen LogP contribution in [0.1, 0.15) is 23.1 Å². The van der Waals surface area contributed by atoms with Gasteiger partial charge in [0.2, 0.25) is 0 Å². The highest BCUT2D eigenvalue weighted by molar-refractivity contribution is 6.05. The average Bonchev–Trinajstić information content (AvgIpc) is 3.25. The third-order valence-electron chi connectivity index (χ3n) is 4.33. The lowest BCUT2D eigenvalue weighted by molar-refractivity contribution is 0.0971. The quantitative estimate of drug-likeness (QED) is 0.734. The molecule has 0 aliphatic carbocycles. The minimum Gasteiger partial charge on any atom is -0.497 e. The minimum absolute atomic E-state index is 0.0674. The molecule has 1 aliphatic rings. The van der Waals surface area contributed by atoms with Crippen LogP contribution in [0.15, 0.2) is 48.5 Å². The number of aromatic nitrogens is 4. The number of rotatable bonds is 3. The average molecular weight is 335 g/mol. The van der Waals surface area contributed by atoms with Crippen LogP contribution in [0.25, 0.3) is 5.69 Å². The van der Waals surface area contributed by atoms with Crippen molar-refractivity contribution in [2.24, 2.45) is 0 Å². The van der Waals surface area contributed by atoms with E-state index in [1.165, 1.54) is 4.80 Å². The maximum Gasteiger partial charge on any atom is 0.300 e. The van der Waals surface area contributed by atoms with Gasteiger partial charge in [0.05, 0.1) is 12.8 Å². The molecule has 126 valence electrons. The Morgan fingerprint density at radius 2 is 1.92 bits per heavy atom. The summed E-state index contributed by atoms with van der Waals surface area (Å²) < 4.78 is 5.13. The second-order valence-corrected chi connectivity index (χ2v) is 5.96. The van der Waals surface area contributed by atoms with Gasteiger partial charge in [0.15, 0.2) is 0 Å². The number of nitrogens with zero attached hydrogens (tertiary/aromatic N) is 5. The molecule has 0 saturated heterocycles. The number of fused-ring (bicyclic) bond motifs is 1. The number of carbonyl (C=O) groups is 1. The number of tetrazole rings is 1. The Morgan fingerprint density at radius 1 is 1.16 bits per heavy atom. The second-order valence-electron chi connectivity index (χ2n) is 5.96. The summed E-state index contributed by atoms with van der Waals surface area (Å²) in [7, 11) is 1.61. The number of ether oxygens (including phenoxy) is 1. The van der Waals surface area contributed by atoms with Gasteiger partial charge >= 0.3 is 0 Å². The Morgan fingerprint density at radius 3 is 2.68 bits per heavy atom. The van der Waals surface area contributed by atoms with Crippen molar-refractivity contribution in [3.05, 3.63) is 59.9 Å². The molecule has 25 heavy (non-hydrogen) atoms. The highest BCUT2D eigenvalue weighted by Gasteiger charge is 2.33. The Balaban J connectivity index is 1.62. The fraction of sp³-hybridized carbons (Fsp3) is 0.222. The van der Waals surface area contributed by atoms with Crippen LogP contribution < -0.4 is 9.64 Å². The first-order valence-corrected chi connectivity index (χ1v) is 8.03. The first kappa shape index (κ1) is 15.3. The lowest BCUT2D eigenvalue weighted by atomic mass is 10.1. The summed E-state index contributed by atoms with van der Waals surface area (Å²) in [6.45, 7) is 2.02. The maximum absolute atomic E-state index is 12.9. The molecule has 7 heteroatoms. The number of methoxy groups -OCH3 is 1. The SMILES string of the molecule is COc1ccc(-n2nnc(C(=O)N3c4ccccc4C[C@H]3C)n2)cc1. The number of para-hydroxylation sites is 1. The van der Waals surface area contributed by atoms with Crippen molar-refractivity contribution >= 4 is 11.6 Å². The molecule has 1 aromatic heterocycles. The van der Waals surface area contributed by atoms with Crippen LogP contribution in [0.5, 0.6) is 5.75 Å². The Hall–Kier alpha value is -3.22. The topological polar surface area (TPSA) is 73.1 Å². The fourth-order valence-electron chi connectivity index (χ4n) is 3.11. The van der Waals surface area contributed by atoms with Gasteiger partial charge in [-0.15, -0.1) is 15.0 Å². The summed E-state index contributed by atoms with van der Waals surface area (Å²) in [6.07, 6.45) is 0.828. The highest BCUT2D eigenvalue weighted by Crippen LogP contribution is 2.32. The fourth-order valence-corrected chi connectivity index (χ4v) is 3.11. The maximum atomic E-state index is 12.9. The largest absolute Gasteiger partial charge is 0.497 e. The van der Waals surface area contributed by atoms with Crippen molar-refractivity contribution in [1.82, 2.24) is 20.2 Å². The molecule has 0 unspecified atom stereocenters. The summed E-state index contributed by atoms with van der Waals surface area (Å²) in [4.78, 5) is 16.0. The van der Waals surface area contributed by atoms with Crippen molar-refractivity contribution in [2.45, 2.75) is 19.4 Å². The van der Waals surface area contributed by atoms with Crippen LogP contribution in [0.4, 0.5) is 5.69 Å². The molecule has 0 radical (unpaired) electrons. The summed E-state index contributed by atoms with van der Waals surface area (Å²) >= 11 is 0. The monoisotopic (exact) mass is 335 g/mol. The molecule has 2 heterocycles. The van der Waals surface area contributed by atoms with Crippen LogP contribution in [-0.4, -0.2) is 39.3 Å². The molecule has 1 aliphatic heterocycles. The number of carbonyl (C=O) groups excluding carboxylic acids is 1. The van der Waals surface area contributed by atoms with Gasteiger partial charge in [0.25, 0.3) is 11.7 Å². The van der Waals surface area contributed by atoms with Gasteiger partial charge < -0.3 is 9.64 Å². The van der Waals surface area contributed by atoms with Gasteiger partial charge in [-0.3, -0.25) is 4.79 Å². The van der Waals surface area contributed by atoms with Gasteiger partial charge in [0.1, 0.15) is 5.75 Å². The minimum atomic E-state index is -0.239. The van der Waals surface area contributed by atoms with Gasteiger partial charge in [-0.05, 0) is 54.5 Å². The van der Waals surface area contributed by atoms with Gasteiger partial charge in [0, 0.05) is 11.7 Å². The Labute approximate surface area is 144 Å². The molecule has 3 aromatic rings. The first-order chi connectivity index (χ1) is 12.2. The van der Waals surface area contributed by atoms with E-state index in [0.29, 0.717) is 5.69 Å². The zero-order valence-corrected chi connectivity index (χ0v) is 14.0. The normalized spacial score (nSPS) is 15.9. The van der Waals surface area contributed by atoms with Crippen molar-refractivity contribution in [3.63, 3.8) is 0 Å². The number of amides is 1. The number of hydrogen-bond acceptors (Lipinski definition) is 5. The van der Waals surface area contributed by atoms with Crippen LogP contribution in [0.3, 0.4) is 0 Å². The van der Waals surface area contributed by atoms with E-state index in [9.17, 15) is 4.79 Å².